The molecule has 0 saturated carbocycles. The predicted octanol–water partition coefficient (Wildman–Crippen LogP) is 3.94. The lowest BCUT2D eigenvalue weighted by Crippen LogP contribution is -2.33. The summed E-state index contributed by atoms with van der Waals surface area (Å²) >= 11 is 1.72. The highest BCUT2D eigenvalue weighted by atomic mass is 32.2. The van der Waals surface area contributed by atoms with Gasteiger partial charge in [0.2, 0.25) is 0 Å². The molecule has 2 nitrogen and oxygen atoms in total. The molecule has 1 aliphatic heterocycles. The second-order valence-electron chi connectivity index (χ2n) is 4.72. The van der Waals surface area contributed by atoms with E-state index in [-0.39, 0.29) is 11.9 Å². The molecule has 0 fully saturated rings. The molecule has 0 saturated heterocycles. The Bertz CT molecular complexity index is 413. The van der Waals surface area contributed by atoms with Gasteiger partial charge in [0.15, 0.2) is 11.9 Å². The Morgan fingerprint density at radius 1 is 1.39 bits per heavy atom. The average molecular weight is 264 g/mol. The summed E-state index contributed by atoms with van der Waals surface area (Å²) in [7, 11) is 0. The highest BCUT2D eigenvalue weighted by Gasteiger charge is 2.27. The molecule has 18 heavy (non-hydrogen) atoms. The molecule has 0 radical (unpaired) electrons. The Morgan fingerprint density at radius 2 is 2.11 bits per heavy atom. The molecule has 1 atom stereocenters. The van der Waals surface area contributed by atoms with Crippen LogP contribution in [0.4, 0.5) is 0 Å². The molecule has 1 aliphatic rings. The van der Waals surface area contributed by atoms with Gasteiger partial charge in [-0.05, 0) is 18.1 Å². The second kappa shape index (κ2) is 6.28. The number of fused-ring (bicyclic) bond motifs is 1. The molecule has 0 N–H and O–H groups in total. The summed E-state index contributed by atoms with van der Waals surface area (Å²) in [6, 6.07) is 7.94. The first kappa shape index (κ1) is 13.5. The molecular weight excluding hydrogens is 244 g/mol. The highest BCUT2D eigenvalue weighted by Crippen LogP contribution is 2.35. The number of Topliss-reactive ketones (excluding diaryl/α,β-unsaturated/α-hetero) is 1. The van der Waals surface area contributed by atoms with Crippen LogP contribution in [0.2, 0.25) is 0 Å². The van der Waals surface area contributed by atoms with Crippen LogP contribution in [0.1, 0.15) is 33.1 Å². The van der Waals surface area contributed by atoms with Crippen LogP contribution in [0.3, 0.4) is 0 Å². The Balaban J connectivity index is 1.98. The molecule has 1 aromatic carbocycles. The minimum atomic E-state index is -0.259. The van der Waals surface area contributed by atoms with Crippen molar-refractivity contribution in [3.63, 3.8) is 0 Å². The molecule has 0 amide bonds. The largest absolute Gasteiger partial charge is 0.481 e. The smallest absolute Gasteiger partial charge is 0.174 e. The van der Waals surface area contributed by atoms with Crippen molar-refractivity contribution in [1.82, 2.24) is 0 Å². The van der Waals surface area contributed by atoms with E-state index in [1.807, 2.05) is 24.3 Å². The Morgan fingerprint density at radius 3 is 2.83 bits per heavy atom. The normalized spacial score (nSPS) is 18.3. The van der Waals surface area contributed by atoms with Gasteiger partial charge in [-0.25, -0.2) is 0 Å². The van der Waals surface area contributed by atoms with Gasteiger partial charge in [0.25, 0.3) is 0 Å². The number of carbonyl (C=O) groups excluding carboxylic acids is 1. The lowest BCUT2D eigenvalue weighted by molar-refractivity contribution is -0.126. The molecule has 0 aliphatic carbocycles. The van der Waals surface area contributed by atoms with E-state index < -0.39 is 0 Å². The van der Waals surface area contributed by atoms with Crippen molar-refractivity contribution in [2.24, 2.45) is 5.92 Å². The monoisotopic (exact) mass is 264 g/mol. The second-order valence-corrected chi connectivity index (χ2v) is 5.78. The number of hydrogen-bond acceptors (Lipinski definition) is 3. The van der Waals surface area contributed by atoms with Crippen molar-refractivity contribution in [3.8, 4) is 5.75 Å². The topological polar surface area (TPSA) is 26.3 Å². The van der Waals surface area contributed by atoms with Crippen molar-refractivity contribution in [2.45, 2.75) is 44.1 Å². The zero-order chi connectivity index (χ0) is 13.0. The van der Waals surface area contributed by atoms with Crippen LogP contribution >= 0.6 is 11.8 Å². The van der Waals surface area contributed by atoms with Crippen LogP contribution < -0.4 is 4.74 Å². The SMILES string of the molecule is CCC(CC)CC(=O)C1CSc2ccccc2O1. The standard InChI is InChI=1S/C15H20O2S/c1-3-11(4-2)9-12(16)14-10-18-15-8-6-5-7-13(15)17-14/h5-8,11,14H,3-4,9-10H2,1-2H3. The summed E-state index contributed by atoms with van der Waals surface area (Å²) in [5.41, 5.74) is 0. The van der Waals surface area contributed by atoms with Gasteiger partial charge in [0.1, 0.15) is 5.75 Å². The van der Waals surface area contributed by atoms with Crippen LogP contribution in [0.25, 0.3) is 0 Å². The summed E-state index contributed by atoms with van der Waals surface area (Å²) in [6.07, 6.45) is 2.53. The Kier molecular flexibility index (Phi) is 4.70. The van der Waals surface area contributed by atoms with E-state index in [0.29, 0.717) is 12.3 Å². The zero-order valence-corrected chi connectivity index (χ0v) is 11.8. The summed E-state index contributed by atoms with van der Waals surface area (Å²) in [6.45, 7) is 4.29. The van der Waals surface area contributed by atoms with E-state index in [1.165, 1.54) is 0 Å². The van der Waals surface area contributed by atoms with Gasteiger partial charge < -0.3 is 4.74 Å². The van der Waals surface area contributed by atoms with Crippen LogP contribution in [0, 0.1) is 5.92 Å². The quantitative estimate of drug-likeness (QED) is 0.806. The van der Waals surface area contributed by atoms with Crippen molar-refractivity contribution in [2.75, 3.05) is 5.75 Å². The third-order valence-corrected chi connectivity index (χ3v) is 4.63. The van der Waals surface area contributed by atoms with Crippen molar-refractivity contribution in [1.29, 1.82) is 0 Å². The van der Waals surface area contributed by atoms with E-state index in [1.54, 1.807) is 11.8 Å². The van der Waals surface area contributed by atoms with E-state index in [9.17, 15) is 4.79 Å². The van der Waals surface area contributed by atoms with Crippen molar-refractivity contribution >= 4 is 17.5 Å². The molecule has 98 valence electrons. The van der Waals surface area contributed by atoms with Gasteiger partial charge in [-0.15, -0.1) is 11.8 Å². The van der Waals surface area contributed by atoms with Gasteiger partial charge >= 0.3 is 0 Å². The fraction of sp³-hybridized carbons (Fsp3) is 0.533. The number of carbonyl (C=O) groups is 1. The zero-order valence-electron chi connectivity index (χ0n) is 11.0. The number of benzene rings is 1. The van der Waals surface area contributed by atoms with Crippen molar-refractivity contribution in [3.05, 3.63) is 24.3 Å². The van der Waals surface area contributed by atoms with E-state index >= 15 is 0 Å². The van der Waals surface area contributed by atoms with Crippen LogP contribution in [0.5, 0.6) is 5.75 Å². The number of rotatable bonds is 5. The summed E-state index contributed by atoms with van der Waals surface area (Å²) in [5.74, 6) is 2.36. The lowest BCUT2D eigenvalue weighted by Gasteiger charge is -2.25. The molecule has 1 heterocycles. The first-order valence-corrected chi connectivity index (χ1v) is 7.64. The molecule has 3 heteroatoms. The predicted molar refractivity (Wildman–Crippen MR) is 75.3 cm³/mol. The summed E-state index contributed by atoms with van der Waals surface area (Å²) < 4.78 is 5.81. The third kappa shape index (κ3) is 3.08. The molecular formula is C15H20O2S. The van der Waals surface area contributed by atoms with Crippen LogP contribution in [0.15, 0.2) is 29.2 Å². The number of ketones is 1. The van der Waals surface area contributed by atoms with E-state index in [0.717, 1.165) is 29.2 Å². The summed E-state index contributed by atoms with van der Waals surface area (Å²) in [5, 5.41) is 0. The first-order chi connectivity index (χ1) is 8.74. The number of para-hydroxylation sites is 1. The van der Waals surface area contributed by atoms with Gasteiger partial charge in [-0.2, -0.15) is 0 Å². The fourth-order valence-corrected chi connectivity index (χ4v) is 3.19. The molecule has 1 aromatic rings. The Hall–Kier alpha value is -0.960. The number of ether oxygens (including phenoxy) is 1. The molecule has 2 rings (SSSR count). The first-order valence-electron chi connectivity index (χ1n) is 6.65. The van der Waals surface area contributed by atoms with Crippen LogP contribution in [-0.2, 0) is 4.79 Å². The van der Waals surface area contributed by atoms with Gasteiger partial charge in [0, 0.05) is 17.1 Å². The number of thioether (sulfide) groups is 1. The lowest BCUT2D eigenvalue weighted by atomic mass is 9.95. The van der Waals surface area contributed by atoms with Crippen LogP contribution in [-0.4, -0.2) is 17.6 Å². The third-order valence-electron chi connectivity index (χ3n) is 3.51. The molecule has 1 unspecified atom stereocenters. The maximum atomic E-state index is 12.2. The summed E-state index contributed by atoms with van der Waals surface area (Å²) in [4.78, 5) is 13.3. The molecule has 0 aromatic heterocycles. The average Bonchev–Trinajstić information content (AvgIpc) is 2.44. The fourth-order valence-electron chi connectivity index (χ4n) is 2.17. The van der Waals surface area contributed by atoms with Crippen molar-refractivity contribution < 1.29 is 9.53 Å². The molecule has 0 spiro atoms. The Labute approximate surface area is 113 Å². The van der Waals surface area contributed by atoms with Gasteiger partial charge in [-0.3, -0.25) is 4.79 Å². The van der Waals surface area contributed by atoms with Gasteiger partial charge in [0.05, 0.1) is 0 Å². The van der Waals surface area contributed by atoms with Gasteiger partial charge in [-0.1, -0.05) is 38.8 Å². The maximum absolute atomic E-state index is 12.2. The number of hydrogen-bond donors (Lipinski definition) is 0. The van der Waals surface area contributed by atoms with E-state index in [2.05, 4.69) is 13.8 Å². The van der Waals surface area contributed by atoms with E-state index in [4.69, 9.17) is 4.74 Å². The maximum Gasteiger partial charge on any atom is 0.174 e. The minimum absolute atomic E-state index is 0.255. The molecule has 0 bridgehead atoms. The minimum Gasteiger partial charge on any atom is -0.481 e. The highest BCUT2D eigenvalue weighted by molar-refractivity contribution is 7.99.